The number of aryl methyl sites for hydroxylation is 3. The first-order valence-corrected chi connectivity index (χ1v) is 9.21. The average molecular weight is 368 g/mol. The van der Waals surface area contributed by atoms with Gasteiger partial charge in [0.25, 0.3) is 5.91 Å². The first-order valence-electron chi connectivity index (χ1n) is 8.39. The number of carbonyl (C=O) groups is 2. The lowest BCUT2D eigenvalue weighted by Crippen LogP contribution is -2.14. The standard InChI is InChI=1S/C19H20N4O2S/c1-4-6-15-17(26-12(2)21-15)19(25)22-14-8-5-7-13(11-14)16(24)18-20-9-10-23(18)3/h5,7-11H,4,6H2,1-3H3,(H,22,25). The van der Waals surface area contributed by atoms with Gasteiger partial charge in [0.2, 0.25) is 5.78 Å². The Morgan fingerprint density at radius 3 is 2.81 bits per heavy atom. The molecule has 0 saturated heterocycles. The minimum atomic E-state index is -0.194. The number of benzene rings is 1. The summed E-state index contributed by atoms with van der Waals surface area (Å²) in [5.74, 6) is -0.0219. The molecule has 0 spiro atoms. The minimum absolute atomic E-state index is 0.186. The predicted molar refractivity (Wildman–Crippen MR) is 102 cm³/mol. The topological polar surface area (TPSA) is 76.9 Å². The number of ketones is 1. The van der Waals surface area contributed by atoms with E-state index in [0.717, 1.165) is 23.5 Å². The van der Waals surface area contributed by atoms with Crippen molar-refractivity contribution in [1.82, 2.24) is 14.5 Å². The zero-order chi connectivity index (χ0) is 18.7. The average Bonchev–Trinajstić information content (AvgIpc) is 3.20. The van der Waals surface area contributed by atoms with Crippen molar-refractivity contribution in [1.29, 1.82) is 0 Å². The van der Waals surface area contributed by atoms with E-state index in [0.29, 0.717) is 22.0 Å². The summed E-state index contributed by atoms with van der Waals surface area (Å²) in [4.78, 5) is 34.4. The largest absolute Gasteiger partial charge is 0.331 e. The first kappa shape index (κ1) is 18.0. The molecule has 1 N–H and O–H groups in total. The highest BCUT2D eigenvalue weighted by Gasteiger charge is 2.18. The fourth-order valence-corrected chi connectivity index (χ4v) is 3.55. The molecule has 0 atom stereocenters. The zero-order valence-electron chi connectivity index (χ0n) is 14.9. The van der Waals surface area contributed by atoms with Gasteiger partial charge in [-0.1, -0.05) is 25.5 Å². The summed E-state index contributed by atoms with van der Waals surface area (Å²) < 4.78 is 1.67. The van der Waals surface area contributed by atoms with Crippen molar-refractivity contribution in [2.45, 2.75) is 26.7 Å². The lowest BCUT2D eigenvalue weighted by Gasteiger charge is -2.07. The lowest BCUT2D eigenvalue weighted by molar-refractivity contribution is 0.101. The van der Waals surface area contributed by atoms with Gasteiger partial charge in [0, 0.05) is 30.7 Å². The van der Waals surface area contributed by atoms with Gasteiger partial charge >= 0.3 is 0 Å². The number of thiazole rings is 1. The minimum Gasteiger partial charge on any atom is -0.331 e. The smallest absolute Gasteiger partial charge is 0.267 e. The third-order valence-electron chi connectivity index (χ3n) is 3.90. The molecular formula is C19H20N4O2S. The number of rotatable bonds is 6. The number of anilines is 1. The number of nitrogens with one attached hydrogen (secondary N) is 1. The summed E-state index contributed by atoms with van der Waals surface area (Å²) in [5.41, 5.74) is 1.88. The van der Waals surface area contributed by atoms with E-state index in [1.54, 1.807) is 48.3 Å². The van der Waals surface area contributed by atoms with Gasteiger partial charge < -0.3 is 9.88 Å². The second-order valence-corrected chi connectivity index (χ2v) is 7.19. The van der Waals surface area contributed by atoms with Crippen molar-refractivity contribution in [2.75, 3.05) is 5.32 Å². The summed E-state index contributed by atoms with van der Waals surface area (Å²) in [6, 6.07) is 6.89. The zero-order valence-corrected chi connectivity index (χ0v) is 15.8. The van der Waals surface area contributed by atoms with Gasteiger partial charge in [-0.3, -0.25) is 9.59 Å². The van der Waals surface area contributed by atoms with Crippen LogP contribution in [0, 0.1) is 6.92 Å². The quantitative estimate of drug-likeness (QED) is 0.674. The number of hydrogen-bond donors (Lipinski definition) is 1. The normalized spacial score (nSPS) is 10.7. The Morgan fingerprint density at radius 2 is 2.12 bits per heavy atom. The molecule has 0 radical (unpaired) electrons. The molecule has 2 heterocycles. The Hall–Kier alpha value is -2.80. The van der Waals surface area contributed by atoms with Crippen LogP contribution in [-0.4, -0.2) is 26.2 Å². The molecule has 1 amide bonds. The van der Waals surface area contributed by atoms with Crippen molar-refractivity contribution < 1.29 is 9.59 Å². The summed E-state index contributed by atoms with van der Waals surface area (Å²) in [6.07, 6.45) is 5.00. The molecule has 0 bridgehead atoms. The van der Waals surface area contributed by atoms with Crippen molar-refractivity contribution in [3.05, 3.63) is 63.6 Å². The Labute approximate surface area is 155 Å². The molecule has 0 aliphatic carbocycles. The second kappa shape index (κ2) is 7.61. The number of carbonyl (C=O) groups excluding carboxylic acids is 2. The van der Waals surface area contributed by atoms with Gasteiger partial charge in [-0.25, -0.2) is 9.97 Å². The Kier molecular flexibility index (Phi) is 5.27. The molecule has 0 fully saturated rings. The van der Waals surface area contributed by atoms with Crippen molar-refractivity contribution in [2.24, 2.45) is 7.05 Å². The molecule has 0 saturated carbocycles. The highest BCUT2D eigenvalue weighted by atomic mass is 32.1. The maximum atomic E-state index is 12.6. The monoisotopic (exact) mass is 368 g/mol. The molecule has 7 heteroatoms. The lowest BCUT2D eigenvalue weighted by atomic mass is 10.1. The summed E-state index contributed by atoms with van der Waals surface area (Å²) in [5, 5.41) is 3.75. The Morgan fingerprint density at radius 1 is 1.31 bits per heavy atom. The van der Waals surface area contributed by atoms with Crippen molar-refractivity contribution >= 4 is 28.7 Å². The van der Waals surface area contributed by atoms with E-state index in [2.05, 4.69) is 22.2 Å². The Bertz CT molecular complexity index is 958. The van der Waals surface area contributed by atoms with Crippen LogP contribution in [0.2, 0.25) is 0 Å². The van der Waals surface area contributed by atoms with Gasteiger partial charge in [0.1, 0.15) is 4.88 Å². The first-order chi connectivity index (χ1) is 12.5. The SMILES string of the molecule is CCCc1nc(C)sc1C(=O)Nc1cccc(C(=O)c2nccn2C)c1. The number of hydrogen-bond acceptors (Lipinski definition) is 5. The van der Waals surface area contributed by atoms with E-state index >= 15 is 0 Å². The maximum Gasteiger partial charge on any atom is 0.267 e. The molecule has 6 nitrogen and oxygen atoms in total. The molecule has 3 rings (SSSR count). The molecule has 3 aromatic rings. The highest BCUT2D eigenvalue weighted by molar-refractivity contribution is 7.13. The van der Waals surface area contributed by atoms with Crippen LogP contribution in [0.25, 0.3) is 0 Å². The van der Waals surface area contributed by atoms with Crippen LogP contribution in [0.15, 0.2) is 36.7 Å². The third-order valence-corrected chi connectivity index (χ3v) is 4.92. The summed E-state index contributed by atoms with van der Waals surface area (Å²) in [6.45, 7) is 3.95. The predicted octanol–water partition coefficient (Wildman–Crippen LogP) is 3.62. The van der Waals surface area contributed by atoms with Gasteiger partial charge in [0.05, 0.1) is 10.7 Å². The number of imidazole rings is 1. The second-order valence-electron chi connectivity index (χ2n) is 5.98. The molecule has 26 heavy (non-hydrogen) atoms. The molecule has 0 aliphatic heterocycles. The van der Waals surface area contributed by atoms with Crippen LogP contribution >= 0.6 is 11.3 Å². The van der Waals surface area contributed by atoms with Crippen molar-refractivity contribution in [3.63, 3.8) is 0 Å². The highest BCUT2D eigenvalue weighted by Crippen LogP contribution is 2.22. The van der Waals surface area contributed by atoms with Crippen molar-refractivity contribution in [3.8, 4) is 0 Å². The van der Waals surface area contributed by atoms with Gasteiger partial charge in [-0.15, -0.1) is 11.3 Å². The van der Waals surface area contributed by atoms with Gasteiger partial charge in [-0.2, -0.15) is 0 Å². The Balaban J connectivity index is 1.82. The van der Waals surface area contributed by atoms with Crippen LogP contribution < -0.4 is 5.32 Å². The number of nitrogens with zero attached hydrogens (tertiary/aromatic N) is 3. The van der Waals surface area contributed by atoms with Crippen LogP contribution in [0.3, 0.4) is 0 Å². The molecule has 2 aromatic heterocycles. The fourth-order valence-electron chi connectivity index (χ4n) is 2.69. The maximum absolute atomic E-state index is 12.6. The van der Waals surface area contributed by atoms with E-state index in [1.807, 2.05) is 6.92 Å². The van der Waals surface area contributed by atoms with Gasteiger partial charge in [-0.05, 0) is 25.5 Å². The molecular weight excluding hydrogens is 348 g/mol. The molecule has 1 aromatic carbocycles. The number of aromatic nitrogens is 3. The number of amides is 1. The van der Waals surface area contributed by atoms with Crippen LogP contribution in [-0.2, 0) is 13.5 Å². The van der Waals surface area contributed by atoms with Crippen LogP contribution in [0.5, 0.6) is 0 Å². The van der Waals surface area contributed by atoms with E-state index < -0.39 is 0 Å². The molecule has 0 aliphatic rings. The van der Waals surface area contributed by atoms with Crippen LogP contribution in [0.4, 0.5) is 5.69 Å². The van der Waals surface area contributed by atoms with Gasteiger partial charge in [0.15, 0.2) is 5.82 Å². The van der Waals surface area contributed by atoms with E-state index in [4.69, 9.17) is 0 Å². The summed E-state index contributed by atoms with van der Waals surface area (Å²) in [7, 11) is 1.77. The van der Waals surface area contributed by atoms with E-state index in [1.165, 1.54) is 11.3 Å². The van der Waals surface area contributed by atoms with Crippen LogP contribution in [0.1, 0.15) is 49.9 Å². The van der Waals surface area contributed by atoms with E-state index in [9.17, 15) is 9.59 Å². The summed E-state index contributed by atoms with van der Waals surface area (Å²) >= 11 is 1.39. The van der Waals surface area contributed by atoms with E-state index in [-0.39, 0.29) is 11.7 Å². The fraction of sp³-hybridized carbons (Fsp3) is 0.263. The molecule has 0 unspecified atom stereocenters. The molecule has 134 valence electrons. The third kappa shape index (κ3) is 3.72.